The molecule has 0 bridgehead atoms. The average molecular weight is 247 g/mol. The van der Waals surface area contributed by atoms with Crippen molar-refractivity contribution in [3.8, 4) is 5.75 Å². The Labute approximate surface area is 109 Å². The molecular formula is C15H21NO2. The number of nitrogens with one attached hydrogen (secondary N) is 1. The first-order valence-corrected chi connectivity index (χ1v) is 6.73. The Hall–Kier alpha value is -1.51. The maximum atomic E-state index is 12.2. The lowest BCUT2D eigenvalue weighted by molar-refractivity contribution is 0.0933. The van der Waals surface area contributed by atoms with Crippen LogP contribution in [-0.4, -0.2) is 18.6 Å². The average Bonchev–Trinajstić information content (AvgIpc) is 2.76. The fraction of sp³-hybridized carbons (Fsp3) is 0.533. The van der Waals surface area contributed by atoms with E-state index in [0.717, 1.165) is 18.8 Å². The van der Waals surface area contributed by atoms with Crippen LogP contribution in [0.3, 0.4) is 0 Å². The Bertz CT molecular complexity index is 417. The molecule has 1 aromatic rings. The van der Waals surface area contributed by atoms with Crippen molar-refractivity contribution in [1.82, 2.24) is 5.32 Å². The third-order valence-electron chi connectivity index (χ3n) is 3.46. The molecule has 1 amide bonds. The molecular weight excluding hydrogens is 226 g/mol. The van der Waals surface area contributed by atoms with Crippen LogP contribution in [0.15, 0.2) is 24.3 Å². The van der Waals surface area contributed by atoms with Gasteiger partial charge in [0.2, 0.25) is 0 Å². The topological polar surface area (TPSA) is 38.3 Å². The summed E-state index contributed by atoms with van der Waals surface area (Å²) in [5.41, 5.74) is 0.638. The molecule has 0 spiro atoms. The Morgan fingerprint density at radius 1 is 1.39 bits per heavy atom. The maximum absolute atomic E-state index is 12.2. The highest BCUT2D eigenvalue weighted by atomic mass is 16.5. The van der Waals surface area contributed by atoms with Crippen LogP contribution in [0.1, 0.15) is 43.5 Å². The third-order valence-corrected chi connectivity index (χ3v) is 3.46. The molecule has 98 valence electrons. The molecule has 2 rings (SSSR count). The molecule has 3 nitrogen and oxygen atoms in total. The molecule has 1 N–H and O–H groups in total. The zero-order valence-electron chi connectivity index (χ0n) is 11.1. The van der Waals surface area contributed by atoms with E-state index in [0.29, 0.717) is 24.0 Å². The van der Waals surface area contributed by atoms with Gasteiger partial charge in [-0.05, 0) is 44.2 Å². The summed E-state index contributed by atoms with van der Waals surface area (Å²) in [7, 11) is 0. The lowest BCUT2D eigenvalue weighted by atomic mass is 10.1. The van der Waals surface area contributed by atoms with Crippen molar-refractivity contribution >= 4 is 5.91 Å². The zero-order chi connectivity index (χ0) is 13.0. The fourth-order valence-electron chi connectivity index (χ4n) is 2.54. The standard InChI is InChI=1S/C15H21NO2/c1-3-18-14-7-5-4-6-13(14)15(17)16-12-9-8-11(2)10-12/h4-7,11-12H,3,8-10H2,1-2H3,(H,16,17). The van der Waals surface area contributed by atoms with E-state index < -0.39 is 0 Å². The smallest absolute Gasteiger partial charge is 0.255 e. The maximum Gasteiger partial charge on any atom is 0.255 e. The summed E-state index contributed by atoms with van der Waals surface area (Å²) in [5.74, 6) is 1.37. The SMILES string of the molecule is CCOc1ccccc1C(=O)NC1CCC(C)C1. The van der Waals surface area contributed by atoms with Gasteiger partial charge in [0.25, 0.3) is 5.91 Å². The molecule has 1 saturated carbocycles. The number of carbonyl (C=O) groups excluding carboxylic acids is 1. The van der Waals surface area contributed by atoms with Crippen molar-refractivity contribution in [2.75, 3.05) is 6.61 Å². The van der Waals surface area contributed by atoms with Crippen molar-refractivity contribution < 1.29 is 9.53 Å². The fourth-order valence-corrected chi connectivity index (χ4v) is 2.54. The van der Waals surface area contributed by atoms with Gasteiger partial charge in [-0.1, -0.05) is 19.1 Å². The van der Waals surface area contributed by atoms with Crippen LogP contribution in [-0.2, 0) is 0 Å². The Morgan fingerprint density at radius 3 is 2.83 bits per heavy atom. The van der Waals surface area contributed by atoms with Gasteiger partial charge in [-0.3, -0.25) is 4.79 Å². The van der Waals surface area contributed by atoms with Crippen molar-refractivity contribution in [2.24, 2.45) is 5.92 Å². The zero-order valence-corrected chi connectivity index (χ0v) is 11.1. The molecule has 2 unspecified atom stereocenters. The molecule has 2 atom stereocenters. The molecule has 1 aliphatic carbocycles. The highest BCUT2D eigenvalue weighted by Gasteiger charge is 2.24. The number of amides is 1. The second-order valence-corrected chi connectivity index (χ2v) is 5.02. The van der Waals surface area contributed by atoms with Crippen LogP contribution >= 0.6 is 0 Å². The number of benzene rings is 1. The van der Waals surface area contributed by atoms with E-state index in [4.69, 9.17) is 4.74 Å². The number of hydrogen-bond acceptors (Lipinski definition) is 2. The Morgan fingerprint density at radius 2 is 2.17 bits per heavy atom. The van der Waals surface area contributed by atoms with E-state index in [1.165, 1.54) is 6.42 Å². The normalized spacial score (nSPS) is 22.8. The monoisotopic (exact) mass is 247 g/mol. The van der Waals surface area contributed by atoms with Gasteiger partial charge in [0.15, 0.2) is 0 Å². The van der Waals surface area contributed by atoms with E-state index >= 15 is 0 Å². The van der Waals surface area contributed by atoms with Gasteiger partial charge >= 0.3 is 0 Å². The highest BCUT2D eigenvalue weighted by molar-refractivity contribution is 5.97. The number of carbonyl (C=O) groups is 1. The second-order valence-electron chi connectivity index (χ2n) is 5.02. The summed E-state index contributed by atoms with van der Waals surface area (Å²) in [4.78, 5) is 12.2. The van der Waals surface area contributed by atoms with Crippen molar-refractivity contribution in [3.05, 3.63) is 29.8 Å². The minimum atomic E-state index is -0.0156. The first-order valence-electron chi connectivity index (χ1n) is 6.73. The number of ether oxygens (including phenoxy) is 1. The molecule has 0 aromatic heterocycles. The third kappa shape index (κ3) is 3.03. The number of para-hydroxylation sites is 1. The van der Waals surface area contributed by atoms with Crippen LogP contribution in [0.25, 0.3) is 0 Å². The number of hydrogen-bond donors (Lipinski definition) is 1. The van der Waals surface area contributed by atoms with Crippen LogP contribution in [0, 0.1) is 5.92 Å². The molecule has 0 radical (unpaired) electrons. The molecule has 1 aliphatic rings. The van der Waals surface area contributed by atoms with Crippen molar-refractivity contribution in [3.63, 3.8) is 0 Å². The lowest BCUT2D eigenvalue weighted by Crippen LogP contribution is -2.33. The summed E-state index contributed by atoms with van der Waals surface area (Å²) in [6.07, 6.45) is 3.38. The largest absolute Gasteiger partial charge is 0.493 e. The molecule has 0 aliphatic heterocycles. The summed E-state index contributed by atoms with van der Waals surface area (Å²) >= 11 is 0. The van der Waals surface area contributed by atoms with Gasteiger partial charge in [0, 0.05) is 6.04 Å². The highest BCUT2D eigenvalue weighted by Crippen LogP contribution is 2.25. The first-order chi connectivity index (χ1) is 8.70. The summed E-state index contributed by atoms with van der Waals surface area (Å²) in [6.45, 7) is 4.73. The van der Waals surface area contributed by atoms with E-state index in [1.54, 1.807) is 0 Å². The predicted octanol–water partition coefficient (Wildman–Crippen LogP) is 3.00. The molecule has 1 fully saturated rings. The van der Waals surface area contributed by atoms with Crippen LogP contribution in [0.4, 0.5) is 0 Å². The van der Waals surface area contributed by atoms with E-state index in [-0.39, 0.29) is 5.91 Å². The van der Waals surface area contributed by atoms with Gasteiger partial charge in [0.05, 0.1) is 12.2 Å². The lowest BCUT2D eigenvalue weighted by Gasteiger charge is -2.14. The Balaban J connectivity index is 2.04. The van der Waals surface area contributed by atoms with Gasteiger partial charge in [-0.15, -0.1) is 0 Å². The van der Waals surface area contributed by atoms with Gasteiger partial charge in [-0.2, -0.15) is 0 Å². The van der Waals surface area contributed by atoms with Crippen molar-refractivity contribution in [1.29, 1.82) is 0 Å². The second kappa shape index (κ2) is 5.89. The van der Waals surface area contributed by atoms with E-state index in [9.17, 15) is 4.79 Å². The summed E-state index contributed by atoms with van der Waals surface area (Å²) in [5, 5.41) is 3.11. The number of rotatable bonds is 4. The van der Waals surface area contributed by atoms with E-state index in [1.807, 2.05) is 31.2 Å². The van der Waals surface area contributed by atoms with Crippen LogP contribution < -0.4 is 10.1 Å². The minimum absolute atomic E-state index is 0.0156. The summed E-state index contributed by atoms with van der Waals surface area (Å²) < 4.78 is 5.48. The van der Waals surface area contributed by atoms with E-state index in [2.05, 4.69) is 12.2 Å². The van der Waals surface area contributed by atoms with Crippen LogP contribution in [0.2, 0.25) is 0 Å². The molecule has 18 heavy (non-hydrogen) atoms. The van der Waals surface area contributed by atoms with Gasteiger partial charge in [0.1, 0.15) is 5.75 Å². The van der Waals surface area contributed by atoms with Gasteiger partial charge < -0.3 is 10.1 Å². The predicted molar refractivity (Wildman–Crippen MR) is 71.9 cm³/mol. The van der Waals surface area contributed by atoms with Crippen molar-refractivity contribution in [2.45, 2.75) is 39.2 Å². The molecule has 1 aromatic carbocycles. The molecule has 3 heteroatoms. The summed E-state index contributed by atoms with van der Waals surface area (Å²) in [6, 6.07) is 7.74. The quantitative estimate of drug-likeness (QED) is 0.888. The molecule has 0 saturated heterocycles. The molecule has 0 heterocycles. The van der Waals surface area contributed by atoms with Crippen LogP contribution in [0.5, 0.6) is 5.75 Å². The first kappa shape index (κ1) is 12.9. The minimum Gasteiger partial charge on any atom is -0.493 e. The van der Waals surface area contributed by atoms with Gasteiger partial charge in [-0.25, -0.2) is 0 Å². The Kier molecular flexibility index (Phi) is 4.24.